The van der Waals surface area contributed by atoms with E-state index in [1.54, 1.807) is 18.3 Å². The first-order valence-electron chi connectivity index (χ1n) is 9.32. The second-order valence-electron chi connectivity index (χ2n) is 6.49. The lowest BCUT2D eigenvalue weighted by Gasteiger charge is -2.12. The van der Waals surface area contributed by atoms with E-state index >= 15 is 0 Å². The standard InChI is InChI=1S/C23H20FN5/c24-20-11-5-4-10-19(20)16-27-23-28-21(18-8-2-1-3-9-18)13-22(29-23)26-15-17-7-6-12-25-14-17/h1-14H,15-16H2,(H2,26,27,28,29). The Kier molecular flexibility index (Phi) is 5.71. The summed E-state index contributed by atoms with van der Waals surface area (Å²) in [6, 6.07) is 22.3. The van der Waals surface area contributed by atoms with Crippen LogP contribution in [-0.4, -0.2) is 15.0 Å². The second-order valence-corrected chi connectivity index (χ2v) is 6.49. The molecular formula is C23H20FN5. The van der Waals surface area contributed by atoms with E-state index in [9.17, 15) is 4.39 Å². The number of nitrogens with one attached hydrogen (secondary N) is 2. The van der Waals surface area contributed by atoms with Crippen molar-refractivity contribution in [3.05, 3.63) is 102 Å². The van der Waals surface area contributed by atoms with Gasteiger partial charge in [-0.1, -0.05) is 54.6 Å². The summed E-state index contributed by atoms with van der Waals surface area (Å²) in [5, 5.41) is 6.45. The molecule has 6 heteroatoms. The lowest BCUT2D eigenvalue weighted by atomic mass is 10.1. The van der Waals surface area contributed by atoms with Crippen LogP contribution in [0.5, 0.6) is 0 Å². The number of nitrogens with zero attached hydrogens (tertiary/aromatic N) is 3. The van der Waals surface area contributed by atoms with Gasteiger partial charge < -0.3 is 10.6 Å². The number of halogens is 1. The molecular weight excluding hydrogens is 365 g/mol. The van der Waals surface area contributed by atoms with Gasteiger partial charge in [0.15, 0.2) is 0 Å². The van der Waals surface area contributed by atoms with Crippen LogP contribution in [0.1, 0.15) is 11.1 Å². The molecule has 0 atom stereocenters. The summed E-state index contributed by atoms with van der Waals surface area (Å²) < 4.78 is 13.9. The largest absolute Gasteiger partial charge is 0.366 e. The van der Waals surface area contributed by atoms with Crippen LogP contribution < -0.4 is 10.6 Å². The molecule has 2 aromatic carbocycles. The number of benzene rings is 2. The van der Waals surface area contributed by atoms with E-state index in [1.165, 1.54) is 6.07 Å². The van der Waals surface area contributed by atoms with Gasteiger partial charge in [-0.05, 0) is 17.7 Å². The minimum atomic E-state index is -0.255. The molecule has 2 aromatic heterocycles. The lowest BCUT2D eigenvalue weighted by molar-refractivity contribution is 0.612. The van der Waals surface area contributed by atoms with Crippen molar-refractivity contribution in [2.75, 3.05) is 10.6 Å². The Balaban J connectivity index is 1.58. The molecule has 2 N–H and O–H groups in total. The summed E-state index contributed by atoms with van der Waals surface area (Å²) in [6.45, 7) is 0.888. The Labute approximate surface area is 168 Å². The molecule has 29 heavy (non-hydrogen) atoms. The first-order valence-corrected chi connectivity index (χ1v) is 9.32. The number of anilines is 2. The molecule has 5 nitrogen and oxygen atoms in total. The molecule has 0 amide bonds. The summed E-state index contributed by atoms with van der Waals surface area (Å²) in [6.07, 6.45) is 3.55. The van der Waals surface area contributed by atoms with Crippen LogP contribution >= 0.6 is 0 Å². The SMILES string of the molecule is Fc1ccccc1CNc1nc(NCc2cccnc2)cc(-c2ccccc2)n1. The molecule has 0 aliphatic rings. The summed E-state index contributed by atoms with van der Waals surface area (Å²) >= 11 is 0. The first kappa shape index (κ1) is 18.6. The minimum Gasteiger partial charge on any atom is -0.366 e. The van der Waals surface area contributed by atoms with E-state index in [2.05, 4.69) is 25.6 Å². The molecule has 0 aliphatic heterocycles. The zero-order chi connectivity index (χ0) is 19.9. The van der Waals surface area contributed by atoms with Gasteiger partial charge in [0.2, 0.25) is 5.95 Å². The molecule has 0 unspecified atom stereocenters. The highest BCUT2D eigenvalue weighted by atomic mass is 19.1. The minimum absolute atomic E-state index is 0.255. The van der Waals surface area contributed by atoms with Gasteiger partial charge in [0.1, 0.15) is 11.6 Å². The topological polar surface area (TPSA) is 62.7 Å². The average Bonchev–Trinajstić information content (AvgIpc) is 2.78. The summed E-state index contributed by atoms with van der Waals surface area (Å²) in [5.41, 5.74) is 3.37. The summed E-state index contributed by atoms with van der Waals surface area (Å²) in [7, 11) is 0. The maximum Gasteiger partial charge on any atom is 0.225 e. The Morgan fingerprint density at radius 2 is 1.62 bits per heavy atom. The maximum absolute atomic E-state index is 13.9. The van der Waals surface area contributed by atoms with Gasteiger partial charge >= 0.3 is 0 Å². The fraction of sp³-hybridized carbons (Fsp3) is 0.0870. The molecule has 0 saturated carbocycles. The van der Waals surface area contributed by atoms with Crippen molar-refractivity contribution < 1.29 is 4.39 Å². The number of aromatic nitrogens is 3. The van der Waals surface area contributed by atoms with Crippen LogP contribution in [0.2, 0.25) is 0 Å². The van der Waals surface area contributed by atoms with Crippen molar-refractivity contribution in [1.82, 2.24) is 15.0 Å². The summed E-state index contributed by atoms with van der Waals surface area (Å²) in [5.74, 6) is 0.858. The van der Waals surface area contributed by atoms with E-state index in [1.807, 2.05) is 60.8 Å². The zero-order valence-corrected chi connectivity index (χ0v) is 15.7. The van der Waals surface area contributed by atoms with E-state index in [0.717, 1.165) is 16.8 Å². The fourth-order valence-corrected chi connectivity index (χ4v) is 2.89. The third-order valence-electron chi connectivity index (χ3n) is 4.39. The highest BCUT2D eigenvalue weighted by molar-refractivity contribution is 5.64. The number of hydrogen-bond donors (Lipinski definition) is 2. The molecule has 4 aromatic rings. The van der Waals surface area contributed by atoms with Crippen LogP contribution in [-0.2, 0) is 13.1 Å². The van der Waals surface area contributed by atoms with Gasteiger partial charge in [0.25, 0.3) is 0 Å². The Bertz CT molecular complexity index is 1070. The van der Waals surface area contributed by atoms with Crippen molar-refractivity contribution in [2.45, 2.75) is 13.1 Å². The molecule has 4 rings (SSSR count). The van der Waals surface area contributed by atoms with Gasteiger partial charge in [-0.2, -0.15) is 4.98 Å². The predicted octanol–water partition coefficient (Wildman–Crippen LogP) is 4.90. The number of pyridine rings is 1. The predicted molar refractivity (Wildman–Crippen MR) is 113 cm³/mol. The first-order chi connectivity index (χ1) is 14.3. The van der Waals surface area contributed by atoms with Gasteiger partial charge in [-0.15, -0.1) is 0 Å². The Morgan fingerprint density at radius 3 is 2.41 bits per heavy atom. The van der Waals surface area contributed by atoms with Crippen molar-refractivity contribution in [3.8, 4) is 11.3 Å². The maximum atomic E-state index is 13.9. The van der Waals surface area contributed by atoms with Crippen molar-refractivity contribution >= 4 is 11.8 Å². The molecule has 0 fully saturated rings. The van der Waals surface area contributed by atoms with Crippen molar-refractivity contribution in [2.24, 2.45) is 0 Å². The molecule has 0 bridgehead atoms. The number of hydrogen-bond acceptors (Lipinski definition) is 5. The smallest absolute Gasteiger partial charge is 0.225 e. The van der Waals surface area contributed by atoms with Crippen LogP contribution in [0.25, 0.3) is 11.3 Å². The second kappa shape index (κ2) is 8.93. The Morgan fingerprint density at radius 1 is 0.793 bits per heavy atom. The third-order valence-corrected chi connectivity index (χ3v) is 4.39. The number of rotatable bonds is 7. The van der Waals surface area contributed by atoms with Gasteiger partial charge in [0, 0.05) is 42.7 Å². The van der Waals surface area contributed by atoms with Crippen LogP contribution in [0.4, 0.5) is 16.2 Å². The highest BCUT2D eigenvalue weighted by Gasteiger charge is 2.08. The monoisotopic (exact) mass is 385 g/mol. The van der Waals surface area contributed by atoms with Crippen LogP contribution in [0, 0.1) is 5.82 Å². The van der Waals surface area contributed by atoms with Crippen LogP contribution in [0.15, 0.2) is 85.2 Å². The van der Waals surface area contributed by atoms with E-state index in [4.69, 9.17) is 0 Å². The van der Waals surface area contributed by atoms with Crippen molar-refractivity contribution in [1.29, 1.82) is 0 Å². The molecule has 0 aliphatic carbocycles. The third kappa shape index (κ3) is 4.93. The fourth-order valence-electron chi connectivity index (χ4n) is 2.89. The lowest BCUT2D eigenvalue weighted by Crippen LogP contribution is -2.09. The van der Waals surface area contributed by atoms with Crippen molar-refractivity contribution in [3.63, 3.8) is 0 Å². The molecule has 0 saturated heterocycles. The molecule has 2 heterocycles. The zero-order valence-electron chi connectivity index (χ0n) is 15.7. The van der Waals surface area contributed by atoms with Gasteiger partial charge in [-0.3, -0.25) is 4.98 Å². The molecule has 0 spiro atoms. The van der Waals surface area contributed by atoms with E-state index in [-0.39, 0.29) is 5.82 Å². The Hall–Kier alpha value is -3.80. The average molecular weight is 385 g/mol. The van der Waals surface area contributed by atoms with E-state index < -0.39 is 0 Å². The van der Waals surface area contributed by atoms with Crippen LogP contribution in [0.3, 0.4) is 0 Å². The molecule has 144 valence electrons. The van der Waals surface area contributed by atoms with Gasteiger partial charge in [-0.25, -0.2) is 9.37 Å². The quantitative estimate of drug-likeness (QED) is 0.474. The van der Waals surface area contributed by atoms with Gasteiger partial charge in [0.05, 0.1) is 5.69 Å². The normalized spacial score (nSPS) is 10.5. The molecule has 0 radical (unpaired) electrons. The van der Waals surface area contributed by atoms with E-state index in [0.29, 0.717) is 30.4 Å². The summed E-state index contributed by atoms with van der Waals surface area (Å²) in [4.78, 5) is 13.3. The highest BCUT2D eigenvalue weighted by Crippen LogP contribution is 2.22.